The molecular formula is C15H24N2O3S. The third-order valence-electron chi connectivity index (χ3n) is 4.08. The average molecular weight is 312 g/mol. The summed E-state index contributed by atoms with van der Waals surface area (Å²) >= 11 is 0. The van der Waals surface area contributed by atoms with Crippen LogP contribution in [0.5, 0.6) is 5.75 Å². The van der Waals surface area contributed by atoms with Crippen LogP contribution in [0.2, 0.25) is 0 Å². The van der Waals surface area contributed by atoms with Crippen molar-refractivity contribution in [3.05, 3.63) is 29.8 Å². The molecule has 0 saturated carbocycles. The first-order valence-corrected chi connectivity index (χ1v) is 9.07. The van der Waals surface area contributed by atoms with Gasteiger partial charge in [-0.3, -0.25) is 0 Å². The molecule has 1 aromatic carbocycles. The van der Waals surface area contributed by atoms with Crippen molar-refractivity contribution in [3.63, 3.8) is 0 Å². The predicted octanol–water partition coefficient (Wildman–Crippen LogP) is 1.45. The van der Waals surface area contributed by atoms with Crippen LogP contribution in [0.4, 0.5) is 0 Å². The third-order valence-corrected chi connectivity index (χ3v) is 5.35. The lowest BCUT2D eigenvalue weighted by Gasteiger charge is -2.36. The number of piperidine rings is 1. The molecule has 6 heteroatoms. The molecule has 1 aliphatic rings. The molecule has 0 aliphatic carbocycles. The summed E-state index contributed by atoms with van der Waals surface area (Å²) in [6.07, 6.45) is 2.12. The molecule has 1 fully saturated rings. The number of hydrogen-bond acceptors (Lipinski definition) is 4. The number of hydrogen-bond donors (Lipinski definition) is 1. The summed E-state index contributed by atoms with van der Waals surface area (Å²) in [5.74, 6) is 1.18. The van der Waals surface area contributed by atoms with Crippen LogP contribution in [-0.2, 0) is 16.6 Å². The Morgan fingerprint density at radius 2 is 2.10 bits per heavy atom. The summed E-state index contributed by atoms with van der Waals surface area (Å²) < 4.78 is 30.1. The van der Waals surface area contributed by atoms with Gasteiger partial charge >= 0.3 is 0 Å². The Hall–Kier alpha value is -1.11. The number of para-hydroxylation sites is 1. The van der Waals surface area contributed by atoms with Gasteiger partial charge < -0.3 is 10.1 Å². The lowest BCUT2D eigenvalue weighted by molar-refractivity contribution is 0.219. The van der Waals surface area contributed by atoms with Crippen LogP contribution in [0.1, 0.15) is 18.9 Å². The van der Waals surface area contributed by atoms with Gasteiger partial charge in [0.1, 0.15) is 5.75 Å². The lowest BCUT2D eigenvalue weighted by Crippen LogP contribution is -2.49. The van der Waals surface area contributed by atoms with Gasteiger partial charge in [-0.05, 0) is 18.4 Å². The summed E-state index contributed by atoms with van der Waals surface area (Å²) in [5.41, 5.74) is 1.12. The smallest absolute Gasteiger partial charge is 0.211 e. The van der Waals surface area contributed by atoms with Gasteiger partial charge in [-0.1, -0.05) is 25.1 Å². The van der Waals surface area contributed by atoms with Crippen molar-refractivity contribution in [2.24, 2.45) is 5.92 Å². The second-order valence-corrected chi connectivity index (χ2v) is 7.67. The second kappa shape index (κ2) is 6.77. The SMILES string of the molecule is COc1ccccc1CNC1CCN(S(C)(=O)=O)CC1C. The van der Waals surface area contributed by atoms with Gasteiger partial charge in [0.05, 0.1) is 13.4 Å². The Labute approximate surface area is 127 Å². The Morgan fingerprint density at radius 1 is 1.38 bits per heavy atom. The highest BCUT2D eigenvalue weighted by atomic mass is 32.2. The van der Waals surface area contributed by atoms with Gasteiger partial charge in [-0.15, -0.1) is 0 Å². The summed E-state index contributed by atoms with van der Waals surface area (Å²) in [6, 6.07) is 8.27. The van der Waals surface area contributed by atoms with E-state index in [0.29, 0.717) is 25.0 Å². The fourth-order valence-corrected chi connectivity index (χ4v) is 3.74. The maximum atomic E-state index is 11.6. The van der Waals surface area contributed by atoms with E-state index in [1.807, 2.05) is 24.3 Å². The molecule has 2 atom stereocenters. The van der Waals surface area contributed by atoms with Crippen LogP contribution in [0, 0.1) is 5.92 Å². The van der Waals surface area contributed by atoms with Crippen LogP contribution in [0.3, 0.4) is 0 Å². The normalized spacial score (nSPS) is 24.0. The van der Waals surface area contributed by atoms with Crippen LogP contribution >= 0.6 is 0 Å². The van der Waals surface area contributed by atoms with Crippen molar-refractivity contribution in [3.8, 4) is 5.75 Å². The van der Waals surface area contributed by atoms with Crippen molar-refractivity contribution in [1.82, 2.24) is 9.62 Å². The first-order chi connectivity index (χ1) is 9.91. The van der Waals surface area contributed by atoms with Gasteiger partial charge in [0.15, 0.2) is 0 Å². The summed E-state index contributed by atoms with van der Waals surface area (Å²) in [5, 5.41) is 3.53. The molecular weight excluding hydrogens is 288 g/mol. The molecule has 0 bridgehead atoms. The number of ether oxygens (including phenoxy) is 1. The molecule has 5 nitrogen and oxygen atoms in total. The zero-order valence-electron chi connectivity index (χ0n) is 12.9. The predicted molar refractivity (Wildman–Crippen MR) is 83.8 cm³/mol. The Balaban J connectivity index is 1.93. The molecule has 2 unspecified atom stereocenters. The molecule has 1 aliphatic heterocycles. The zero-order chi connectivity index (χ0) is 15.5. The topological polar surface area (TPSA) is 58.6 Å². The second-order valence-electron chi connectivity index (χ2n) is 5.69. The van der Waals surface area contributed by atoms with E-state index in [1.54, 1.807) is 11.4 Å². The van der Waals surface area contributed by atoms with Crippen LogP contribution in [-0.4, -0.2) is 45.2 Å². The standard InChI is InChI=1S/C15H24N2O3S/c1-12-11-17(21(3,18)19)9-8-14(12)16-10-13-6-4-5-7-15(13)20-2/h4-7,12,14,16H,8-11H2,1-3H3. The first-order valence-electron chi connectivity index (χ1n) is 7.22. The highest BCUT2D eigenvalue weighted by Crippen LogP contribution is 2.21. The van der Waals surface area contributed by atoms with Gasteiger partial charge in [0.2, 0.25) is 10.0 Å². The Morgan fingerprint density at radius 3 is 2.71 bits per heavy atom. The van der Waals surface area contributed by atoms with E-state index in [4.69, 9.17) is 4.74 Å². The van der Waals surface area contributed by atoms with E-state index in [2.05, 4.69) is 12.2 Å². The Bertz CT molecular complexity index is 574. The maximum absolute atomic E-state index is 11.6. The molecule has 1 saturated heterocycles. The highest BCUT2D eigenvalue weighted by molar-refractivity contribution is 7.88. The summed E-state index contributed by atoms with van der Waals surface area (Å²) in [4.78, 5) is 0. The molecule has 0 amide bonds. The highest BCUT2D eigenvalue weighted by Gasteiger charge is 2.30. The van der Waals surface area contributed by atoms with Crippen molar-refractivity contribution in [2.75, 3.05) is 26.5 Å². The van der Waals surface area contributed by atoms with E-state index < -0.39 is 10.0 Å². The summed E-state index contributed by atoms with van der Waals surface area (Å²) in [7, 11) is -1.40. The van der Waals surface area contributed by atoms with E-state index in [1.165, 1.54) is 6.26 Å². The number of nitrogens with zero attached hydrogens (tertiary/aromatic N) is 1. The molecule has 1 N–H and O–H groups in total. The molecule has 0 aromatic heterocycles. The third kappa shape index (κ3) is 4.18. The number of nitrogens with one attached hydrogen (secondary N) is 1. The lowest BCUT2D eigenvalue weighted by atomic mass is 9.95. The van der Waals surface area contributed by atoms with Crippen molar-refractivity contribution >= 4 is 10.0 Å². The minimum atomic E-state index is -3.07. The number of methoxy groups -OCH3 is 1. The molecule has 2 rings (SSSR count). The van der Waals surface area contributed by atoms with Gasteiger partial charge in [0.25, 0.3) is 0 Å². The number of benzene rings is 1. The molecule has 0 radical (unpaired) electrons. The molecule has 21 heavy (non-hydrogen) atoms. The monoisotopic (exact) mass is 312 g/mol. The largest absolute Gasteiger partial charge is 0.496 e. The molecule has 0 spiro atoms. The maximum Gasteiger partial charge on any atom is 0.211 e. The zero-order valence-corrected chi connectivity index (χ0v) is 13.7. The van der Waals surface area contributed by atoms with Crippen molar-refractivity contribution in [1.29, 1.82) is 0 Å². The van der Waals surface area contributed by atoms with Crippen LogP contribution < -0.4 is 10.1 Å². The molecule has 1 aromatic rings. The fraction of sp³-hybridized carbons (Fsp3) is 0.600. The number of sulfonamides is 1. The molecule has 1 heterocycles. The van der Waals surface area contributed by atoms with E-state index in [-0.39, 0.29) is 0 Å². The first kappa shape index (κ1) is 16.3. The van der Waals surface area contributed by atoms with Crippen LogP contribution in [0.25, 0.3) is 0 Å². The van der Waals surface area contributed by atoms with E-state index in [9.17, 15) is 8.42 Å². The quantitative estimate of drug-likeness (QED) is 0.894. The van der Waals surface area contributed by atoms with Gasteiger partial charge in [-0.25, -0.2) is 12.7 Å². The fourth-order valence-electron chi connectivity index (χ4n) is 2.80. The number of rotatable bonds is 5. The Kier molecular flexibility index (Phi) is 5.24. The van der Waals surface area contributed by atoms with Crippen molar-refractivity contribution < 1.29 is 13.2 Å². The van der Waals surface area contributed by atoms with Crippen molar-refractivity contribution in [2.45, 2.75) is 25.9 Å². The minimum absolute atomic E-state index is 0.295. The van der Waals surface area contributed by atoms with Gasteiger partial charge in [-0.2, -0.15) is 0 Å². The minimum Gasteiger partial charge on any atom is -0.496 e. The summed E-state index contributed by atoms with van der Waals surface area (Å²) in [6.45, 7) is 4.00. The van der Waals surface area contributed by atoms with Crippen LogP contribution in [0.15, 0.2) is 24.3 Å². The van der Waals surface area contributed by atoms with E-state index in [0.717, 1.165) is 24.3 Å². The average Bonchev–Trinajstić information content (AvgIpc) is 2.45. The molecule has 118 valence electrons. The van der Waals surface area contributed by atoms with Gasteiger partial charge in [0, 0.05) is 31.2 Å². The van der Waals surface area contributed by atoms with E-state index >= 15 is 0 Å².